The molecule has 1 spiro atoms. The molecule has 3 aliphatic rings. The molecule has 3 rings (SSSR count). The van der Waals surface area contributed by atoms with Crippen LogP contribution >= 0.6 is 0 Å². The number of rotatable bonds is 5. The van der Waals surface area contributed by atoms with Crippen LogP contribution in [0.25, 0.3) is 0 Å². The van der Waals surface area contributed by atoms with E-state index in [1.165, 1.54) is 20.0 Å². The number of carbonyl (C=O) groups is 2. The summed E-state index contributed by atoms with van der Waals surface area (Å²) in [5.74, 6) is 0.731. The van der Waals surface area contributed by atoms with E-state index in [1.807, 2.05) is 0 Å². The Hall–Kier alpha value is -1.18. The molecule has 7 nitrogen and oxygen atoms in total. The van der Waals surface area contributed by atoms with Crippen LogP contribution in [0.2, 0.25) is 0 Å². The highest BCUT2D eigenvalue weighted by Gasteiger charge is 2.52. The zero-order valence-corrected chi connectivity index (χ0v) is 13.3. The number of hydrogen-bond acceptors (Lipinski definition) is 5. The Bertz CT molecular complexity index is 446. The summed E-state index contributed by atoms with van der Waals surface area (Å²) >= 11 is 0. The number of morpholine rings is 1. The van der Waals surface area contributed by atoms with E-state index in [4.69, 9.17) is 9.47 Å². The van der Waals surface area contributed by atoms with Crippen LogP contribution in [0.1, 0.15) is 12.8 Å². The van der Waals surface area contributed by atoms with E-state index >= 15 is 0 Å². The number of ether oxygens (including phenoxy) is 2. The van der Waals surface area contributed by atoms with Gasteiger partial charge >= 0.3 is 0 Å². The molecule has 1 saturated carbocycles. The number of likely N-dealkylation sites (tertiary alicyclic amines) is 1. The lowest BCUT2D eigenvalue weighted by Gasteiger charge is -2.55. The molecule has 1 N–H and O–H groups in total. The summed E-state index contributed by atoms with van der Waals surface area (Å²) in [6, 6.07) is -0.208. The summed E-state index contributed by atoms with van der Waals surface area (Å²) in [5, 5.41) is 2.72. The third-order valence-electron chi connectivity index (χ3n) is 4.80. The number of nitrogens with zero attached hydrogens (tertiary/aromatic N) is 2. The topological polar surface area (TPSA) is 71.1 Å². The fourth-order valence-electron chi connectivity index (χ4n) is 3.35. The van der Waals surface area contributed by atoms with Gasteiger partial charge in [-0.05, 0) is 18.8 Å². The minimum absolute atomic E-state index is 0.00103. The number of hydrogen-bond donors (Lipinski definition) is 1. The van der Waals surface area contributed by atoms with E-state index in [-0.39, 0.29) is 30.1 Å². The predicted molar refractivity (Wildman–Crippen MR) is 79.3 cm³/mol. The lowest BCUT2D eigenvalue weighted by atomic mass is 9.90. The summed E-state index contributed by atoms with van der Waals surface area (Å²) in [7, 11) is 3.19. The minimum Gasteiger partial charge on any atom is -0.375 e. The summed E-state index contributed by atoms with van der Waals surface area (Å²) in [6.45, 7) is 3.38. The molecule has 1 atom stereocenters. The Balaban J connectivity index is 1.60. The van der Waals surface area contributed by atoms with E-state index in [9.17, 15) is 9.59 Å². The highest BCUT2D eigenvalue weighted by atomic mass is 16.5. The van der Waals surface area contributed by atoms with Gasteiger partial charge in [-0.25, -0.2) is 0 Å². The first-order valence-electron chi connectivity index (χ1n) is 7.93. The maximum atomic E-state index is 12.0. The second-order valence-electron chi connectivity index (χ2n) is 6.68. The van der Waals surface area contributed by atoms with Crippen LogP contribution in [-0.4, -0.2) is 86.8 Å². The van der Waals surface area contributed by atoms with Crippen molar-refractivity contribution in [3.05, 3.63) is 0 Å². The lowest BCUT2D eigenvalue weighted by Crippen LogP contribution is -2.74. The Labute approximate surface area is 130 Å². The molecule has 2 saturated heterocycles. The van der Waals surface area contributed by atoms with E-state index < -0.39 is 0 Å². The SMILES string of the molecule is CNC(=O)[C@H]1COC2(CN(C(=O)COC)C2)CN1CC1CC1. The molecular formula is C15H25N3O4. The zero-order chi connectivity index (χ0) is 15.7. The van der Waals surface area contributed by atoms with Gasteiger partial charge in [0.1, 0.15) is 18.2 Å². The average Bonchev–Trinajstić information content (AvgIpc) is 3.28. The van der Waals surface area contributed by atoms with Crippen LogP contribution in [0, 0.1) is 5.92 Å². The molecule has 0 aromatic heterocycles. The van der Waals surface area contributed by atoms with Gasteiger partial charge in [0.05, 0.1) is 19.7 Å². The number of methoxy groups -OCH3 is 1. The molecule has 22 heavy (non-hydrogen) atoms. The van der Waals surface area contributed by atoms with Crippen LogP contribution in [0.5, 0.6) is 0 Å². The molecule has 0 radical (unpaired) electrons. The van der Waals surface area contributed by atoms with Crippen molar-refractivity contribution in [1.82, 2.24) is 15.1 Å². The molecule has 124 valence electrons. The van der Waals surface area contributed by atoms with Crippen molar-refractivity contribution < 1.29 is 19.1 Å². The van der Waals surface area contributed by atoms with Crippen molar-refractivity contribution in [1.29, 1.82) is 0 Å². The minimum atomic E-state index is -0.303. The van der Waals surface area contributed by atoms with Crippen molar-refractivity contribution in [3.63, 3.8) is 0 Å². The van der Waals surface area contributed by atoms with Crippen LogP contribution in [-0.2, 0) is 19.1 Å². The standard InChI is InChI=1S/C15H25N3O4/c1-16-14(20)12-6-22-15(8-17(12)5-11-3-4-11)9-18(10-15)13(19)7-21-2/h11-12H,3-10H2,1-2H3,(H,16,20)/t12-/m1/s1. The third-order valence-corrected chi connectivity index (χ3v) is 4.80. The first kappa shape index (κ1) is 15.7. The lowest BCUT2D eigenvalue weighted by molar-refractivity contribution is -0.205. The number of nitrogens with one attached hydrogen (secondary N) is 1. The maximum Gasteiger partial charge on any atom is 0.248 e. The van der Waals surface area contributed by atoms with Gasteiger partial charge in [0.15, 0.2) is 0 Å². The van der Waals surface area contributed by atoms with Gasteiger partial charge in [0.2, 0.25) is 11.8 Å². The van der Waals surface area contributed by atoms with E-state index in [1.54, 1.807) is 11.9 Å². The normalized spacial score (nSPS) is 27.5. The predicted octanol–water partition coefficient (Wildman–Crippen LogP) is -0.929. The van der Waals surface area contributed by atoms with Gasteiger partial charge in [-0.1, -0.05) is 0 Å². The average molecular weight is 311 g/mol. The number of carbonyl (C=O) groups excluding carboxylic acids is 2. The van der Waals surface area contributed by atoms with E-state index in [0.29, 0.717) is 25.6 Å². The fraction of sp³-hybridized carbons (Fsp3) is 0.867. The monoisotopic (exact) mass is 311 g/mol. The van der Waals surface area contributed by atoms with E-state index in [0.717, 1.165) is 13.1 Å². The molecule has 2 aliphatic heterocycles. The summed E-state index contributed by atoms with van der Waals surface area (Å²) in [4.78, 5) is 27.9. The molecule has 2 heterocycles. The summed E-state index contributed by atoms with van der Waals surface area (Å²) in [5.41, 5.74) is -0.303. The molecule has 0 unspecified atom stereocenters. The second-order valence-corrected chi connectivity index (χ2v) is 6.68. The molecule has 2 amide bonds. The maximum absolute atomic E-state index is 12.0. The van der Waals surface area contributed by atoms with Crippen molar-refractivity contribution >= 4 is 11.8 Å². The molecule has 0 aromatic rings. The van der Waals surface area contributed by atoms with Gasteiger partial charge in [-0.2, -0.15) is 0 Å². The quantitative estimate of drug-likeness (QED) is 0.710. The van der Waals surface area contributed by atoms with Gasteiger partial charge < -0.3 is 19.7 Å². The zero-order valence-electron chi connectivity index (χ0n) is 13.3. The van der Waals surface area contributed by atoms with Crippen molar-refractivity contribution in [2.45, 2.75) is 24.5 Å². The molecule has 3 fully saturated rings. The Morgan fingerprint density at radius 2 is 2.05 bits per heavy atom. The molecule has 0 bridgehead atoms. The van der Waals surface area contributed by atoms with Gasteiger partial charge in [-0.15, -0.1) is 0 Å². The van der Waals surface area contributed by atoms with Gasteiger partial charge in [-0.3, -0.25) is 14.5 Å². The first-order chi connectivity index (χ1) is 10.6. The van der Waals surface area contributed by atoms with Crippen LogP contribution in [0.4, 0.5) is 0 Å². The van der Waals surface area contributed by atoms with Crippen molar-refractivity contribution in [2.75, 3.05) is 53.6 Å². The highest BCUT2D eigenvalue weighted by molar-refractivity contribution is 5.82. The smallest absolute Gasteiger partial charge is 0.248 e. The first-order valence-corrected chi connectivity index (χ1v) is 7.93. The van der Waals surface area contributed by atoms with E-state index in [2.05, 4.69) is 10.2 Å². The Morgan fingerprint density at radius 3 is 2.64 bits per heavy atom. The number of amides is 2. The van der Waals surface area contributed by atoms with Crippen LogP contribution in [0.15, 0.2) is 0 Å². The van der Waals surface area contributed by atoms with Crippen molar-refractivity contribution in [3.8, 4) is 0 Å². The van der Waals surface area contributed by atoms with Crippen LogP contribution < -0.4 is 5.32 Å². The largest absolute Gasteiger partial charge is 0.375 e. The fourth-order valence-corrected chi connectivity index (χ4v) is 3.35. The molecular weight excluding hydrogens is 286 g/mol. The second kappa shape index (κ2) is 6.14. The molecule has 0 aromatic carbocycles. The van der Waals surface area contributed by atoms with Gasteiger partial charge in [0, 0.05) is 27.2 Å². The highest BCUT2D eigenvalue weighted by Crippen LogP contribution is 2.35. The van der Waals surface area contributed by atoms with Gasteiger partial charge in [0.25, 0.3) is 0 Å². The van der Waals surface area contributed by atoms with Crippen LogP contribution in [0.3, 0.4) is 0 Å². The Kier molecular flexibility index (Phi) is 4.38. The molecule has 1 aliphatic carbocycles. The Morgan fingerprint density at radius 1 is 1.32 bits per heavy atom. The number of likely N-dealkylation sites (N-methyl/N-ethyl adjacent to an activating group) is 1. The summed E-state index contributed by atoms with van der Waals surface area (Å²) in [6.07, 6.45) is 2.51. The van der Waals surface area contributed by atoms with Crippen molar-refractivity contribution in [2.24, 2.45) is 5.92 Å². The molecule has 7 heteroatoms. The third kappa shape index (κ3) is 3.11. The summed E-state index contributed by atoms with van der Waals surface area (Å²) < 4.78 is 10.9.